The Morgan fingerprint density at radius 3 is 2.56 bits per heavy atom. The Bertz CT molecular complexity index is 402. The number of hydrogen-bond acceptors (Lipinski definition) is 1. The van der Waals surface area contributed by atoms with E-state index in [1.54, 1.807) is 6.08 Å². The van der Waals surface area contributed by atoms with E-state index >= 15 is 0 Å². The van der Waals surface area contributed by atoms with Gasteiger partial charge in [-0.15, -0.1) is 0 Å². The zero-order valence-electron chi connectivity index (χ0n) is 11.0. The third-order valence-corrected chi connectivity index (χ3v) is 3.72. The van der Waals surface area contributed by atoms with E-state index in [2.05, 4.69) is 6.92 Å². The predicted molar refractivity (Wildman–Crippen MR) is 75.1 cm³/mol. The van der Waals surface area contributed by atoms with Gasteiger partial charge in [-0.3, -0.25) is 4.79 Å². The highest BCUT2D eigenvalue weighted by Crippen LogP contribution is 2.20. The molecule has 1 heterocycles. The number of carbonyl (C=O) groups excluding carboxylic acids is 1. The SMILES string of the molecule is CCC1CCN(C(=O)C=Cc2ccccc2)CC1. The van der Waals surface area contributed by atoms with Crippen LogP contribution >= 0.6 is 0 Å². The minimum Gasteiger partial charge on any atom is -0.339 e. The van der Waals surface area contributed by atoms with Crippen molar-refractivity contribution in [3.05, 3.63) is 42.0 Å². The lowest BCUT2D eigenvalue weighted by molar-refractivity contribution is -0.127. The summed E-state index contributed by atoms with van der Waals surface area (Å²) in [6.07, 6.45) is 7.14. The molecule has 0 saturated carbocycles. The first-order valence-corrected chi connectivity index (χ1v) is 6.81. The Morgan fingerprint density at radius 1 is 1.28 bits per heavy atom. The number of piperidine rings is 1. The van der Waals surface area contributed by atoms with Crippen molar-refractivity contribution in [3.63, 3.8) is 0 Å². The van der Waals surface area contributed by atoms with Crippen molar-refractivity contribution in [1.29, 1.82) is 0 Å². The van der Waals surface area contributed by atoms with E-state index < -0.39 is 0 Å². The molecule has 0 unspecified atom stereocenters. The summed E-state index contributed by atoms with van der Waals surface area (Å²) >= 11 is 0. The van der Waals surface area contributed by atoms with Gasteiger partial charge in [0.1, 0.15) is 0 Å². The molecule has 2 nitrogen and oxygen atoms in total. The topological polar surface area (TPSA) is 20.3 Å². The fourth-order valence-electron chi connectivity index (χ4n) is 2.40. The molecule has 2 rings (SSSR count). The maximum absolute atomic E-state index is 12.0. The number of nitrogens with zero attached hydrogens (tertiary/aromatic N) is 1. The van der Waals surface area contributed by atoms with Crippen LogP contribution < -0.4 is 0 Å². The highest BCUT2D eigenvalue weighted by atomic mass is 16.2. The van der Waals surface area contributed by atoms with E-state index in [-0.39, 0.29) is 5.91 Å². The van der Waals surface area contributed by atoms with Crippen molar-refractivity contribution in [2.24, 2.45) is 5.92 Å². The van der Waals surface area contributed by atoms with E-state index in [0.29, 0.717) is 0 Å². The van der Waals surface area contributed by atoms with Crippen molar-refractivity contribution in [2.75, 3.05) is 13.1 Å². The van der Waals surface area contributed by atoms with Crippen LogP contribution in [0.3, 0.4) is 0 Å². The standard InChI is InChI=1S/C16H21NO/c1-2-14-10-12-17(13-11-14)16(18)9-8-15-6-4-3-5-7-15/h3-9,14H,2,10-13H2,1H3. The molecule has 1 aromatic rings. The van der Waals surface area contributed by atoms with Gasteiger partial charge in [0.15, 0.2) is 0 Å². The average Bonchev–Trinajstić information content (AvgIpc) is 2.46. The fourth-order valence-corrected chi connectivity index (χ4v) is 2.40. The molecular weight excluding hydrogens is 222 g/mol. The molecule has 1 amide bonds. The number of benzene rings is 1. The highest BCUT2D eigenvalue weighted by molar-refractivity contribution is 5.91. The van der Waals surface area contributed by atoms with Gasteiger partial charge < -0.3 is 4.90 Å². The lowest BCUT2D eigenvalue weighted by Gasteiger charge is -2.30. The smallest absolute Gasteiger partial charge is 0.246 e. The monoisotopic (exact) mass is 243 g/mol. The van der Waals surface area contributed by atoms with Crippen molar-refractivity contribution in [3.8, 4) is 0 Å². The van der Waals surface area contributed by atoms with Crippen LogP contribution in [-0.4, -0.2) is 23.9 Å². The summed E-state index contributed by atoms with van der Waals surface area (Å²) in [5.74, 6) is 0.959. The number of hydrogen-bond donors (Lipinski definition) is 0. The molecular formula is C16H21NO. The van der Waals surface area contributed by atoms with Gasteiger partial charge in [0.05, 0.1) is 0 Å². The van der Waals surface area contributed by atoms with Crippen LogP contribution in [0, 0.1) is 5.92 Å². The van der Waals surface area contributed by atoms with Gasteiger partial charge in [0.2, 0.25) is 5.91 Å². The second-order valence-corrected chi connectivity index (χ2v) is 4.92. The van der Waals surface area contributed by atoms with Crippen molar-refractivity contribution < 1.29 is 4.79 Å². The van der Waals surface area contributed by atoms with E-state index in [4.69, 9.17) is 0 Å². The maximum atomic E-state index is 12.0. The Kier molecular flexibility index (Phi) is 4.57. The lowest BCUT2D eigenvalue weighted by atomic mass is 9.94. The van der Waals surface area contributed by atoms with Gasteiger partial charge in [-0.1, -0.05) is 43.7 Å². The Labute approximate surface area is 109 Å². The molecule has 1 fully saturated rings. The van der Waals surface area contributed by atoms with Gasteiger partial charge in [-0.05, 0) is 30.4 Å². The van der Waals surface area contributed by atoms with Gasteiger partial charge in [-0.2, -0.15) is 0 Å². The molecule has 1 aliphatic heterocycles. The summed E-state index contributed by atoms with van der Waals surface area (Å²) in [5.41, 5.74) is 1.08. The molecule has 96 valence electrons. The zero-order chi connectivity index (χ0) is 12.8. The van der Waals surface area contributed by atoms with E-state index in [1.165, 1.54) is 6.42 Å². The Hall–Kier alpha value is -1.57. The van der Waals surface area contributed by atoms with E-state index in [0.717, 1.165) is 37.4 Å². The predicted octanol–water partition coefficient (Wildman–Crippen LogP) is 3.35. The number of carbonyl (C=O) groups is 1. The summed E-state index contributed by atoms with van der Waals surface area (Å²) < 4.78 is 0. The first-order valence-electron chi connectivity index (χ1n) is 6.81. The molecule has 0 bridgehead atoms. The van der Waals surface area contributed by atoms with Crippen LogP contribution in [0.1, 0.15) is 31.7 Å². The Morgan fingerprint density at radius 2 is 1.94 bits per heavy atom. The van der Waals surface area contributed by atoms with E-state index in [9.17, 15) is 4.79 Å². The molecule has 1 aromatic carbocycles. The quantitative estimate of drug-likeness (QED) is 0.746. The Balaban J connectivity index is 1.87. The van der Waals surface area contributed by atoms with Crippen LogP contribution in [0.5, 0.6) is 0 Å². The van der Waals surface area contributed by atoms with Gasteiger partial charge in [0.25, 0.3) is 0 Å². The van der Waals surface area contributed by atoms with Crippen LogP contribution in [-0.2, 0) is 4.79 Å². The number of rotatable bonds is 3. The molecule has 0 aliphatic carbocycles. The van der Waals surface area contributed by atoms with Crippen molar-refractivity contribution >= 4 is 12.0 Å². The molecule has 0 spiro atoms. The summed E-state index contributed by atoms with van der Waals surface area (Å²) in [5, 5.41) is 0. The van der Waals surface area contributed by atoms with Crippen LogP contribution in [0.4, 0.5) is 0 Å². The normalized spacial score (nSPS) is 17.3. The minimum atomic E-state index is 0.147. The van der Waals surface area contributed by atoms with Crippen LogP contribution in [0.2, 0.25) is 0 Å². The van der Waals surface area contributed by atoms with Crippen molar-refractivity contribution in [2.45, 2.75) is 26.2 Å². The highest BCUT2D eigenvalue weighted by Gasteiger charge is 2.19. The third kappa shape index (κ3) is 3.46. The summed E-state index contributed by atoms with van der Waals surface area (Å²) in [6.45, 7) is 4.06. The minimum absolute atomic E-state index is 0.147. The third-order valence-electron chi connectivity index (χ3n) is 3.72. The lowest BCUT2D eigenvalue weighted by Crippen LogP contribution is -2.37. The molecule has 0 radical (unpaired) electrons. The first kappa shape index (κ1) is 12.9. The van der Waals surface area contributed by atoms with Gasteiger partial charge in [-0.25, -0.2) is 0 Å². The van der Waals surface area contributed by atoms with E-state index in [1.807, 2.05) is 41.3 Å². The van der Waals surface area contributed by atoms with Crippen molar-refractivity contribution in [1.82, 2.24) is 4.90 Å². The summed E-state index contributed by atoms with van der Waals surface area (Å²) in [6, 6.07) is 9.96. The molecule has 0 aromatic heterocycles. The summed E-state index contributed by atoms with van der Waals surface area (Å²) in [4.78, 5) is 14.0. The second-order valence-electron chi connectivity index (χ2n) is 4.92. The first-order chi connectivity index (χ1) is 8.79. The number of amides is 1. The maximum Gasteiger partial charge on any atom is 0.246 e. The van der Waals surface area contributed by atoms with Gasteiger partial charge >= 0.3 is 0 Å². The van der Waals surface area contributed by atoms with Crippen LogP contribution in [0.25, 0.3) is 6.08 Å². The van der Waals surface area contributed by atoms with Crippen LogP contribution in [0.15, 0.2) is 36.4 Å². The van der Waals surface area contributed by atoms with Gasteiger partial charge in [0, 0.05) is 19.2 Å². The number of likely N-dealkylation sites (tertiary alicyclic amines) is 1. The molecule has 18 heavy (non-hydrogen) atoms. The average molecular weight is 243 g/mol. The zero-order valence-corrected chi connectivity index (χ0v) is 11.0. The fraction of sp³-hybridized carbons (Fsp3) is 0.438. The molecule has 1 aliphatic rings. The second kappa shape index (κ2) is 6.39. The largest absolute Gasteiger partial charge is 0.339 e. The molecule has 2 heteroatoms. The summed E-state index contributed by atoms with van der Waals surface area (Å²) in [7, 11) is 0. The molecule has 0 N–H and O–H groups in total. The molecule has 0 atom stereocenters. The molecule has 1 saturated heterocycles.